The van der Waals surface area contributed by atoms with Gasteiger partial charge in [-0.3, -0.25) is 0 Å². The summed E-state index contributed by atoms with van der Waals surface area (Å²) < 4.78 is 7.28. The van der Waals surface area contributed by atoms with Gasteiger partial charge in [0.1, 0.15) is 12.1 Å². The van der Waals surface area contributed by atoms with E-state index in [1.54, 1.807) is 13.4 Å². The second kappa shape index (κ2) is 10.1. The summed E-state index contributed by atoms with van der Waals surface area (Å²) in [5.41, 5.74) is 7.06. The van der Waals surface area contributed by atoms with Crippen LogP contribution in [0.1, 0.15) is 51.9 Å². The number of nitrogens with zero attached hydrogens (tertiary/aromatic N) is 4. The van der Waals surface area contributed by atoms with Crippen LogP contribution in [-0.4, -0.2) is 55.5 Å². The molecule has 0 amide bonds. The van der Waals surface area contributed by atoms with Gasteiger partial charge in [-0.05, 0) is 33.2 Å². The van der Waals surface area contributed by atoms with Gasteiger partial charge < -0.3 is 30.0 Å². The van der Waals surface area contributed by atoms with Crippen LogP contribution in [0.2, 0.25) is 0 Å². The van der Waals surface area contributed by atoms with Gasteiger partial charge in [0.25, 0.3) is 0 Å². The van der Waals surface area contributed by atoms with Crippen LogP contribution < -0.4 is 10.5 Å². The first-order valence-electron chi connectivity index (χ1n) is 8.61. The first kappa shape index (κ1) is 21.9. The number of methoxy groups -OCH3 is 1. The summed E-state index contributed by atoms with van der Waals surface area (Å²) in [4.78, 5) is 23.9. The van der Waals surface area contributed by atoms with E-state index in [4.69, 9.17) is 20.7 Å². The first-order chi connectivity index (χ1) is 12.2. The number of fused-ring (bicyclic) bond motifs is 1. The maximum atomic E-state index is 10.6. The molecule has 146 valence electrons. The number of aldehydes is 1. The number of carbonyl (C=O) groups is 1. The third-order valence-electron chi connectivity index (χ3n) is 3.46. The Labute approximate surface area is 153 Å². The number of nitrogens with two attached hydrogens (primary N) is 1. The smallest absolute Gasteiger partial charge is 0.245 e. The van der Waals surface area contributed by atoms with Gasteiger partial charge in [-0.25, -0.2) is 9.97 Å². The molecular formula is C17H29N5O4. The van der Waals surface area contributed by atoms with Crippen LogP contribution in [0.15, 0.2) is 6.33 Å². The molecule has 9 nitrogen and oxygen atoms in total. The number of aryl methyl sites for hydroxylation is 1. The van der Waals surface area contributed by atoms with Crippen LogP contribution in [0.4, 0.5) is 0 Å². The number of hydrogen-bond donors (Lipinski definition) is 3. The lowest BCUT2D eigenvalue weighted by molar-refractivity contribution is -0.127. The molecule has 0 fully saturated rings. The zero-order valence-corrected chi connectivity index (χ0v) is 15.8. The summed E-state index contributed by atoms with van der Waals surface area (Å²) in [5, 5.41) is 16.2. The molecule has 1 unspecified atom stereocenters. The van der Waals surface area contributed by atoms with Crippen LogP contribution in [0.5, 0.6) is 5.88 Å². The average molecular weight is 367 g/mol. The zero-order valence-electron chi connectivity index (χ0n) is 15.8. The minimum atomic E-state index is -1.50. The maximum Gasteiger partial charge on any atom is 0.245 e. The molecule has 2 heterocycles. The van der Waals surface area contributed by atoms with Crippen molar-refractivity contribution < 1.29 is 19.7 Å². The van der Waals surface area contributed by atoms with Gasteiger partial charge in [0.15, 0.2) is 17.0 Å². The summed E-state index contributed by atoms with van der Waals surface area (Å²) in [6.45, 7) is 5.14. The topological polar surface area (TPSA) is 136 Å². The molecule has 0 bridgehead atoms. The zero-order chi connectivity index (χ0) is 19.7. The van der Waals surface area contributed by atoms with Crippen molar-refractivity contribution in [2.75, 3.05) is 13.7 Å². The van der Waals surface area contributed by atoms with Gasteiger partial charge >= 0.3 is 0 Å². The van der Waals surface area contributed by atoms with E-state index in [9.17, 15) is 4.79 Å². The summed E-state index contributed by atoms with van der Waals surface area (Å²) in [6, 6.07) is 0.106. The van der Waals surface area contributed by atoms with Crippen molar-refractivity contribution in [1.29, 1.82) is 0 Å². The lowest BCUT2D eigenvalue weighted by atomic mass is 10.1. The number of aliphatic hydroxyl groups is 2. The molecule has 2 rings (SSSR count). The molecule has 0 aliphatic rings. The predicted molar refractivity (Wildman–Crippen MR) is 97.8 cm³/mol. The Hall–Kier alpha value is -2.10. The van der Waals surface area contributed by atoms with E-state index in [0.717, 1.165) is 24.8 Å². The number of ether oxygens (including phenoxy) is 1. The van der Waals surface area contributed by atoms with Crippen LogP contribution in [0, 0.1) is 0 Å². The Bertz CT molecular complexity index is 690. The molecule has 2 aromatic heterocycles. The number of carbonyl (C=O) groups excluding carboxylic acids is 1. The Morgan fingerprint density at radius 3 is 2.50 bits per heavy atom. The van der Waals surface area contributed by atoms with Crippen molar-refractivity contribution in [1.82, 2.24) is 19.5 Å². The molecule has 0 saturated heterocycles. The Balaban J connectivity index is 0.000000597. The normalized spacial score (nSPS) is 12.4. The lowest BCUT2D eigenvalue weighted by Crippen LogP contribution is -2.15. The standard InChI is InChI=1S/C14H21N5O2.C3H8O2/c1-3-11-17-13-12(14(18-11)21-2)16-9-19(13)10(6-7-15)5-4-8-20;1-3(2,4)5/h8-10H,3-7,15H2,1-2H3;4-5H,1-2H3. The molecule has 1 atom stereocenters. The van der Waals surface area contributed by atoms with Gasteiger partial charge in [0.2, 0.25) is 5.88 Å². The molecule has 4 N–H and O–H groups in total. The van der Waals surface area contributed by atoms with E-state index in [1.165, 1.54) is 13.8 Å². The van der Waals surface area contributed by atoms with Crippen LogP contribution in [0.25, 0.3) is 11.2 Å². The summed E-state index contributed by atoms with van der Waals surface area (Å²) in [5.74, 6) is -0.305. The van der Waals surface area contributed by atoms with E-state index in [-0.39, 0.29) is 6.04 Å². The SMILES string of the molecule is CC(C)(O)O.CCc1nc(OC)c2ncn(C(CCN)CCC=O)c2n1. The van der Waals surface area contributed by atoms with E-state index >= 15 is 0 Å². The average Bonchev–Trinajstić information content (AvgIpc) is 3.00. The second-order valence-corrected chi connectivity index (χ2v) is 6.30. The third-order valence-corrected chi connectivity index (χ3v) is 3.46. The molecule has 0 aliphatic carbocycles. The molecular weight excluding hydrogens is 338 g/mol. The first-order valence-corrected chi connectivity index (χ1v) is 8.61. The van der Waals surface area contributed by atoms with Gasteiger partial charge in [0.05, 0.1) is 13.4 Å². The second-order valence-electron chi connectivity index (χ2n) is 6.30. The minimum absolute atomic E-state index is 0.106. The fraction of sp³-hybridized carbons (Fsp3) is 0.647. The van der Waals surface area contributed by atoms with Crippen molar-refractivity contribution >= 4 is 17.5 Å². The highest BCUT2D eigenvalue weighted by Crippen LogP contribution is 2.26. The Morgan fingerprint density at radius 1 is 1.35 bits per heavy atom. The van der Waals surface area contributed by atoms with E-state index in [0.29, 0.717) is 36.6 Å². The number of rotatable bonds is 8. The number of aromatic nitrogens is 4. The quantitative estimate of drug-likeness (QED) is 0.464. The molecule has 26 heavy (non-hydrogen) atoms. The van der Waals surface area contributed by atoms with Crippen LogP contribution in [-0.2, 0) is 11.2 Å². The highest BCUT2D eigenvalue weighted by molar-refractivity contribution is 5.76. The minimum Gasteiger partial charge on any atom is -0.479 e. The van der Waals surface area contributed by atoms with Crippen molar-refractivity contribution in [3.8, 4) is 5.88 Å². The van der Waals surface area contributed by atoms with Crippen molar-refractivity contribution in [3.05, 3.63) is 12.2 Å². The van der Waals surface area contributed by atoms with Gasteiger partial charge in [0, 0.05) is 18.9 Å². The molecule has 0 aliphatic heterocycles. The maximum absolute atomic E-state index is 10.6. The molecule has 0 spiro atoms. The van der Waals surface area contributed by atoms with E-state index < -0.39 is 5.79 Å². The Morgan fingerprint density at radius 2 is 2.00 bits per heavy atom. The lowest BCUT2D eigenvalue weighted by Gasteiger charge is -2.17. The van der Waals surface area contributed by atoms with Crippen LogP contribution in [0.3, 0.4) is 0 Å². The largest absolute Gasteiger partial charge is 0.479 e. The van der Waals surface area contributed by atoms with Gasteiger partial charge in [-0.2, -0.15) is 4.98 Å². The highest BCUT2D eigenvalue weighted by atomic mass is 16.5. The fourth-order valence-electron chi connectivity index (χ4n) is 2.38. The van der Waals surface area contributed by atoms with Gasteiger partial charge in [-0.1, -0.05) is 6.92 Å². The summed E-state index contributed by atoms with van der Waals surface area (Å²) in [7, 11) is 1.57. The number of imidazole rings is 1. The monoisotopic (exact) mass is 367 g/mol. The Kier molecular flexibility index (Phi) is 8.56. The van der Waals surface area contributed by atoms with Crippen molar-refractivity contribution in [3.63, 3.8) is 0 Å². The highest BCUT2D eigenvalue weighted by Gasteiger charge is 2.18. The van der Waals surface area contributed by atoms with E-state index in [1.807, 2.05) is 11.5 Å². The molecule has 0 radical (unpaired) electrons. The molecule has 0 saturated carbocycles. The summed E-state index contributed by atoms with van der Waals surface area (Å²) in [6.07, 6.45) is 5.36. The predicted octanol–water partition coefficient (Wildman–Crippen LogP) is 0.973. The molecule has 9 heteroatoms. The van der Waals surface area contributed by atoms with Crippen molar-refractivity contribution in [2.24, 2.45) is 5.73 Å². The number of hydrogen-bond acceptors (Lipinski definition) is 8. The van der Waals surface area contributed by atoms with Crippen molar-refractivity contribution in [2.45, 2.75) is 58.3 Å². The fourth-order valence-corrected chi connectivity index (χ4v) is 2.38. The van der Waals surface area contributed by atoms with Crippen LogP contribution >= 0.6 is 0 Å². The molecule has 2 aromatic rings. The summed E-state index contributed by atoms with van der Waals surface area (Å²) >= 11 is 0. The molecule has 0 aromatic carbocycles. The van der Waals surface area contributed by atoms with Gasteiger partial charge in [-0.15, -0.1) is 0 Å². The van der Waals surface area contributed by atoms with E-state index in [2.05, 4.69) is 15.0 Å². The third kappa shape index (κ3) is 6.66.